The van der Waals surface area contributed by atoms with Crippen LogP contribution in [0.1, 0.15) is 22.0 Å². The van der Waals surface area contributed by atoms with Crippen LogP contribution in [0.2, 0.25) is 0 Å². The lowest BCUT2D eigenvalue weighted by atomic mass is 10.1. The van der Waals surface area contributed by atoms with Gasteiger partial charge in [-0.1, -0.05) is 18.2 Å². The molecule has 1 aromatic heterocycles. The molecular weight excluding hydrogens is 440 g/mol. The molecule has 0 saturated carbocycles. The van der Waals surface area contributed by atoms with Crippen LogP contribution in [0.15, 0.2) is 60.0 Å². The molecule has 1 amide bonds. The summed E-state index contributed by atoms with van der Waals surface area (Å²) in [6.45, 7) is -0.760. The highest BCUT2D eigenvalue weighted by molar-refractivity contribution is 7.10. The Balaban J connectivity index is 1.77. The number of hydrogen-bond donors (Lipinski definition) is 1. The van der Waals surface area contributed by atoms with Crippen LogP contribution >= 0.6 is 11.3 Å². The summed E-state index contributed by atoms with van der Waals surface area (Å²) in [7, 11) is 0. The van der Waals surface area contributed by atoms with E-state index in [0.29, 0.717) is 11.6 Å². The highest BCUT2D eigenvalue weighted by Gasteiger charge is 2.36. The largest absolute Gasteiger partial charge is 0.483 e. The number of nitrogens with one attached hydrogen (secondary N) is 1. The van der Waals surface area contributed by atoms with Crippen LogP contribution in [0.3, 0.4) is 0 Å². The highest BCUT2D eigenvalue weighted by Crippen LogP contribution is 2.38. The van der Waals surface area contributed by atoms with Gasteiger partial charge < -0.3 is 10.1 Å². The molecule has 0 radical (unpaired) electrons. The van der Waals surface area contributed by atoms with Gasteiger partial charge in [0.05, 0.1) is 11.0 Å². The summed E-state index contributed by atoms with van der Waals surface area (Å²) < 4.78 is 58.0. The third kappa shape index (κ3) is 5.57. The standard InChI is InChI=1S/C20H14F4N2O4S/c21-13-5-3-12(4-6-13)19(17-2-1-9-31-17)25-18(27)11-30-16-8-7-14(26(28)29)10-15(16)20(22,23)24/h1-10,19H,11H2,(H,25,27). The molecule has 1 heterocycles. The van der Waals surface area contributed by atoms with E-state index in [0.717, 1.165) is 17.0 Å². The lowest BCUT2D eigenvalue weighted by molar-refractivity contribution is -0.385. The molecule has 0 aliphatic carbocycles. The molecule has 1 unspecified atom stereocenters. The number of alkyl halides is 3. The molecule has 0 bridgehead atoms. The first-order valence-corrected chi connectivity index (χ1v) is 9.60. The number of benzene rings is 2. The van der Waals surface area contributed by atoms with Gasteiger partial charge in [-0.3, -0.25) is 14.9 Å². The van der Waals surface area contributed by atoms with Crippen LogP contribution < -0.4 is 10.1 Å². The smallest absolute Gasteiger partial charge is 0.420 e. The van der Waals surface area contributed by atoms with E-state index in [-0.39, 0.29) is 0 Å². The minimum atomic E-state index is -4.91. The summed E-state index contributed by atoms with van der Waals surface area (Å²) in [4.78, 5) is 22.9. The number of carbonyl (C=O) groups is 1. The van der Waals surface area contributed by atoms with Gasteiger partial charge >= 0.3 is 6.18 Å². The van der Waals surface area contributed by atoms with Crippen molar-refractivity contribution in [3.63, 3.8) is 0 Å². The maximum Gasteiger partial charge on any atom is 0.420 e. The maximum absolute atomic E-state index is 13.2. The Labute approximate surface area is 177 Å². The molecule has 0 fully saturated rings. The molecular formula is C20H14F4N2O4S. The Morgan fingerprint density at radius 1 is 1.16 bits per heavy atom. The van der Waals surface area contributed by atoms with E-state index in [2.05, 4.69) is 5.32 Å². The topological polar surface area (TPSA) is 81.5 Å². The molecule has 162 valence electrons. The zero-order valence-corrected chi connectivity index (χ0v) is 16.4. The molecule has 1 N–H and O–H groups in total. The van der Waals surface area contributed by atoms with E-state index in [1.165, 1.54) is 35.6 Å². The van der Waals surface area contributed by atoms with Crippen molar-refractivity contribution in [1.82, 2.24) is 5.32 Å². The fourth-order valence-electron chi connectivity index (χ4n) is 2.75. The van der Waals surface area contributed by atoms with E-state index < -0.39 is 52.5 Å². The van der Waals surface area contributed by atoms with E-state index in [4.69, 9.17) is 4.74 Å². The summed E-state index contributed by atoms with van der Waals surface area (Å²) >= 11 is 1.33. The van der Waals surface area contributed by atoms with Crippen molar-refractivity contribution in [2.24, 2.45) is 0 Å². The molecule has 2 aromatic carbocycles. The summed E-state index contributed by atoms with van der Waals surface area (Å²) in [5.74, 6) is -1.89. The fourth-order valence-corrected chi connectivity index (χ4v) is 3.56. The van der Waals surface area contributed by atoms with Crippen molar-refractivity contribution >= 4 is 22.9 Å². The van der Waals surface area contributed by atoms with Gasteiger partial charge in [0.2, 0.25) is 0 Å². The Bertz CT molecular complexity index is 1070. The zero-order valence-electron chi connectivity index (χ0n) is 15.6. The van der Waals surface area contributed by atoms with E-state index in [1.807, 2.05) is 0 Å². The SMILES string of the molecule is O=C(COc1ccc([N+](=O)[O-])cc1C(F)(F)F)NC(c1ccc(F)cc1)c1cccs1. The summed E-state index contributed by atoms with van der Waals surface area (Å²) in [6, 6.07) is 10.3. The molecule has 3 rings (SSSR count). The third-order valence-electron chi connectivity index (χ3n) is 4.17. The average molecular weight is 454 g/mol. The lowest BCUT2D eigenvalue weighted by Crippen LogP contribution is -2.33. The zero-order chi connectivity index (χ0) is 22.6. The van der Waals surface area contributed by atoms with Gasteiger partial charge in [0, 0.05) is 17.0 Å². The molecule has 0 spiro atoms. The number of carbonyl (C=O) groups excluding carboxylic acids is 1. The minimum absolute atomic E-state index is 0.347. The van der Waals surface area contributed by atoms with Crippen molar-refractivity contribution in [3.8, 4) is 5.75 Å². The van der Waals surface area contributed by atoms with Crippen molar-refractivity contribution in [2.75, 3.05) is 6.61 Å². The Kier molecular flexibility index (Phi) is 6.54. The fraction of sp³-hybridized carbons (Fsp3) is 0.150. The second kappa shape index (κ2) is 9.13. The lowest BCUT2D eigenvalue weighted by Gasteiger charge is -2.19. The van der Waals surface area contributed by atoms with Gasteiger partial charge in [0.15, 0.2) is 6.61 Å². The highest BCUT2D eigenvalue weighted by atomic mass is 32.1. The number of non-ortho nitro benzene ring substituents is 1. The monoisotopic (exact) mass is 454 g/mol. The summed E-state index contributed by atoms with van der Waals surface area (Å²) in [6.07, 6.45) is -4.91. The van der Waals surface area contributed by atoms with Gasteiger partial charge in [-0.05, 0) is 35.2 Å². The molecule has 11 heteroatoms. The first-order chi connectivity index (χ1) is 14.6. The van der Waals surface area contributed by atoms with Crippen molar-refractivity contribution in [1.29, 1.82) is 0 Å². The summed E-state index contributed by atoms with van der Waals surface area (Å²) in [5, 5.41) is 15.2. The first-order valence-electron chi connectivity index (χ1n) is 8.72. The van der Waals surface area contributed by atoms with Crippen LogP contribution in [-0.4, -0.2) is 17.4 Å². The van der Waals surface area contributed by atoms with E-state index >= 15 is 0 Å². The van der Waals surface area contributed by atoms with Crippen molar-refractivity contribution in [2.45, 2.75) is 12.2 Å². The number of nitrogens with zero attached hydrogens (tertiary/aromatic N) is 1. The second-order valence-electron chi connectivity index (χ2n) is 6.29. The number of rotatable bonds is 7. The predicted octanol–water partition coefficient (Wildman–Crippen LogP) is 5.10. The molecule has 6 nitrogen and oxygen atoms in total. The normalized spacial score (nSPS) is 12.3. The Hall–Kier alpha value is -3.47. The number of amides is 1. The summed E-state index contributed by atoms with van der Waals surface area (Å²) in [5.41, 5.74) is -1.54. The van der Waals surface area contributed by atoms with Gasteiger partial charge in [-0.15, -0.1) is 11.3 Å². The van der Waals surface area contributed by atoms with Gasteiger partial charge in [-0.25, -0.2) is 4.39 Å². The van der Waals surface area contributed by atoms with E-state index in [1.54, 1.807) is 17.5 Å². The number of halogens is 4. The number of nitro benzene ring substituents is 1. The van der Waals surface area contributed by atoms with E-state index in [9.17, 15) is 32.5 Å². The van der Waals surface area contributed by atoms with Crippen LogP contribution in [0, 0.1) is 15.9 Å². The van der Waals surface area contributed by atoms with Crippen molar-refractivity contribution in [3.05, 3.63) is 91.9 Å². The quantitative estimate of drug-likeness (QED) is 0.306. The van der Waals surface area contributed by atoms with Gasteiger partial charge in [0.1, 0.15) is 17.1 Å². The first kappa shape index (κ1) is 22.2. The number of nitro groups is 1. The molecule has 3 aromatic rings. The Morgan fingerprint density at radius 3 is 2.45 bits per heavy atom. The van der Waals surface area contributed by atoms with Gasteiger partial charge in [0.25, 0.3) is 11.6 Å². The van der Waals surface area contributed by atoms with Crippen LogP contribution in [0.25, 0.3) is 0 Å². The molecule has 0 aliphatic heterocycles. The predicted molar refractivity (Wildman–Crippen MR) is 104 cm³/mol. The average Bonchev–Trinajstić information content (AvgIpc) is 3.25. The molecule has 1 atom stereocenters. The minimum Gasteiger partial charge on any atom is -0.483 e. The number of hydrogen-bond acceptors (Lipinski definition) is 5. The van der Waals surface area contributed by atoms with Crippen LogP contribution in [0.5, 0.6) is 5.75 Å². The van der Waals surface area contributed by atoms with Crippen LogP contribution in [0.4, 0.5) is 23.2 Å². The Morgan fingerprint density at radius 2 is 1.87 bits per heavy atom. The third-order valence-corrected chi connectivity index (χ3v) is 5.11. The van der Waals surface area contributed by atoms with Crippen LogP contribution in [-0.2, 0) is 11.0 Å². The van der Waals surface area contributed by atoms with Gasteiger partial charge in [-0.2, -0.15) is 13.2 Å². The molecule has 0 saturated heterocycles. The number of ether oxygens (including phenoxy) is 1. The van der Waals surface area contributed by atoms with Crippen molar-refractivity contribution < 1.29 is 32.0 Å². The molecule has 0 aliphatic rings. The maximum atomic E-state index is 13.2. The second-order valence-corrected chi connectivity index (χ2v) is 7.27. The number of thiophene rings is 1. The molecule has 31 heavy (non-hydrogen) atoms.